The lowest BCUT2D eigenvalue weighted by molar-refractivity contribution is -0.171. The van der Waals surface area contributed by atoms with E-state index in [4.69, 9.17) is 14.2 Å². The van der Waals surface area contributed by atoms with Crippen LogP contribution in [0, 0.1) is 17.8 Å². The van der Waals surface area contributed by atoms with E-state index in [1.807, 2.05) is 6.07 Å². The standard InChI is InChI=1S/C24H30N2O5/c1-13(27)31-21-7-4-14-12-26-9-8-17-16-6-5-15(29-2)10-19(16)25-23(17)20(26)11-18(14)22(21)24(28)30-3/h5-6,10,14,18,20-22,25H,4,7-9,11-12H2,1-3H3/t14-,18-,20-,21-,22+/m0/s1. The third-order valence-corrected chi connectivity index (χ3v) is 7.61. The van der Waals surface area contributed by atoms with Crippen molar-refractivity contribution < 1.29 is 23.8 Å². The van der Waals surface area contributed by atoms with Crippen molar-refractivity contribution in [3.63, 3.8) is 0 Å². The summed E-state index contributed by atoms with van der Waals surface area (Å²) in [4.78, 5) is 30.7. The molecule has 5 atom stereocenters. The zero-order valence-corrected chi connectivity index (χ0v) is 18.3. The maximum absolute atomic E-state index is 12.8. The molecule has 0 amide bonds. The number of methoxy groups -OCH3 is 2. The third-order valence-electron chi connectivity index (χ3n) is 7.61. The number of aromatic amines is 1. The van der Waals surface area contributed by atoms with Crippen LogP contribution in [0.1, 0.15) is 43.5 Å². The highest BCUT2D eigenvalue weighted by atomic mass is 16.6. The van der Waals surface area contributed by atoms with Gasteiger partial charge in [-0.3, -0.25) is 14.5 Å². The second kappa shape index (κ2) is 7.86. The summed E-state index contributed by atoms with van der Waals surface area (Å²) in [6.07, 6.45) is 3.17. The van der Waals surface area contributed by atoms with Crippen molar-refractivity contribution in [2.24, 2.45) is 17.8 Å². The molecule has 0 spiro atoms. The Morgan fingerprint density at radius 2 is 2.03 bits per heavy atom. The summed E-state index contributed by atoms with van der Waals surface area (Å²) in [6.45, 7) is 3.40. The smallest absolute Gasteiger partial charge is 0.312 e. The monoisotopic (exact) mass is 426 g/mol. The molecule has 31 heavy (non-hydrogen) atoms. The number of fused-ring (bicyclic) bond motifs is 6. The molecule has 1 aromatic carbocycles. The maximum Gasteiger partial charge on any atom is 0.312 e. The fourth-order valence-electron chi connectivity index (χ4n) is 6.29. The van der Waals surface area contributed by atoms with Gasteiger partial charge < -0.3 is 19.2 Å². The molecule has 5 rings (SSSR count). The van der Waals surface area contributed by atoms with Gasteiger partial charge in [0, 0.05) is 42.7 Å². The minimum atomic E-state index is -0.398. The number of hydrogen-bond acceptors (Lipinski definition) is 6. The number of esters is 2. The van der Waals surface area contributed by atoms with Crippen LogP contribution in [0.15, 0.2) is 18.2 Å². The summed E-state index contributed by atoms with van der Waals surface area (Å²) >= 11 is 0. The Morgan fingerprint density at radius 1 is 1.19 bits per heavy atom. The molecule has 1 aliphatic carbocycles. The molecule has 1 saturated carbocycles. The summed E-state index contributed by atoms with van der Waals surface area (Å²) in [6, 6.07) is 6.43. The molecule has 1 aromatic heterocycles. The first-order valence-corrected chi connectivity index (χ1v) is 11.2. The molecular weight excluding hydrogens is 396 g/mol. The Balaban J connectivity index is 1.49. The van der Waals surface area contributed by atoms with E-state index in [-0.39, 0.29) is 23.9 Å². The average molecular weight is 427 g/mol. The number of aromatic nitrogens is 1. The third kappa shape index (κ3) is 3.39. The number of benzene rings is 1. The van der Waals surface area contributed by atoms with Crippen LogP contribution in [0.5, 0.6) is 5.75 Å². The van der Waals surface area contributed by atoms with Crippen LogP contribution in [0.25, 0.3) is 10.9 Å². The van der Waals surface area contributed by atoms with E-state index >= 15 is 0 Å². The molecule has 3 aliphatic rings. The van der Waals surface area contributed by atoms with Gasteiger partial charge in [-0.2, -0.15) is 0 Å². The van der Waals surface area contributed by atoms with Crippen molar-refractivity contribution in [1.82, 2.24) is 9.88 Å². The second-order valence-corrected chi connectivity index (χ2v) is 9.12. The first-order valence-electron chi connectivity index (χ1n) is 11.2. The molecular formula is C24H30N2O5. The molecule has 2 fully saturated rings. The van der Waals surface area contributed by atoms with Crippen molar-refractivity contribution in [1.29, 1.82) is 0 Å². The van der Waals surface area contributed by atoms with E-state index < -0.39 is 12.0 Å². The highest BCUT2D eigenvalue weighted by Crippen LogP contribution is 2.50. The Morgan fingerprint density at radius 3 is 2.77 bits per heavy atom. The van der Waals surface area contributed by atoms with Gasteiger partial charge in [0.1, 0.15) is 11.9 Å². The zero-order valence-electron chi connectivity index (χ0n) is 18.3. The number of hydrogen-bond donors (Lipinski definition) is 1. The highest BCUT2D eigenvalue weighted by molar-refractivity contribution is 5.86. The first kappa shape index (κ1) is 20.4. The lowest BCUT2D eigenvalue weighted by Crippen LogP contribution is -2.54. The van der Waals surface area contributed by atoms with Gasteiger partial charge in [0.25, 0.3) is 0 Å². The van der Waals surface area contributed by atoms with Crippen LogP contribution in [0.4, 0.5) is 0 Å². The lowest BCUT2D eigenvalue weighted by Gasteiger charge is -2.51. The van der Waals surface area contributed by atoms with Crippen LogP contribution < -0.4 is 4.74 Å². The van der Waals surface area contributed by atoms with Crippen LogP contribution >= 0.6 is 0 Å². The van der Waals surface area contributed by atoms with E-state index in [2.05, 4.69) is 22.0 Å². The van der Waals surface area contributed by atoms with Gasteiger partial charge in [-0.1, -0.05) is 0 Å². The second-order valence-electron chi connectivity index (χ2n) is 9.12. The van der Waals surface area contributed by atoms with E-state index in [1.165, 1.54) is 30.7 Å². The normalized spacial score (nSPS) is 30.1. The Kier molecular flexibility index (Phi) is 5.16. The van der Waals surface area contributed by atoms with Gasteiger partial charge in [0.2, 0.25) is 0 Å². The Labute approximate surface area is 182 Å². The van der Waals surface area contributed by atoms with E-state index in [0.29, 0.717) is 5.92 Å². The van der Waals surface area contributed by atoms with Crippen LogP contribution in [0.3, 0.4) is 0 Å². The largest absolute Gasteiger partial charge is 0.497 e. The molecule has 1 N–H and O–H groups in total. The molecule has 2 aliphatic heterocycles. The molecule has 0 bridgehead atoms. The summed E-state index contributed by atoms with van der Waals surface area (Å²) in [5, 5.41) is 1.25. The fraction of sp³-hybridized carbons (Fsp3) is 0.583. The van der Waals surface area contributed by atoms with Crippen molar-refractivity contribution in [3.8, 4) is 5.75 Å². The van der Waals surface area contributed by atoms with E-state index in [9.17, 15) is 9.59 Å². The summed E-state index contributed by atoms with van der Waals surface area (Å²) in [5.41, 5.74) is 3.73. The molecule has 0 radical (unpaired) electrons. The highest BCUT2D eigenvalue weighted by Gasteiger charge is 2.51. The first-order chi connectivity index (χ1) is 15.0. The Bertz CT molecular complexity index is 1010. The summed E-state index contributed by atoms with van der Waals surface area (Å²) in [7, 11) is 3.11. The SMILES string of the molecule is COC(=O)[C@@H]1[C@H]2C[C@H]3c4[nH]c5cc(OC)ccc5c4CCN3C[C@@H]2CC[C@@H]1OC(C)=O. The summed E-state index contributed by atoms with van der Waals surface area (Å²) < 4.78 is 16.1. The number of H-pyrrole nitrogens is 1. The molecule has 166 valence electrons. The Hall–Kier alpha value is -2.54. The van der Waals surface area contributed by atoms with Crippen molar-refractivity contribution in [3.05, 3.63) is 29.5 Å². The quantitative estimate of drug-likeness (QED) is 0.759. The van der Waals surface area contributed by atoms with Crippen LogP contribution in [-0.4, -0.2) is 55.2 Å². The van der Waals surface area contributed by atoms with E-state index in [1.54, 1.807) is 7.11 Å². The number of carbonyl (C=O) groups excluding carboxylic acids is 2. The van der Waals surface area contributed by atoms with Gasteiger partial charge in [-0.05, 0) is 55.2 Å². The molecule has 1 saturated heterocycles. The maximum atomic E-state index is 12.8. The van der Waals surface area contributed by atoms with Crippen LogP contribution in [-0.2, 0) is 25.5 Å². The molecule has 0 unspecified atom stereocenters. The van der Waals surface area contributed by atoms with Crippen molar-refractivity contribution >= 4 is 22.8 Å². The zero-order chi connectivity index (χ0) is 21.7. The summed E-state index contributed by atoms with van der Waals surface area (Å²) in [5.74, 6) is 0.404. The predicted molar refractivity (Wildman–Crippen MR) is 115 cm³/mol. The number of rotatable bonds is 3. The van der Waals surface area contributed by atoms with Gasteiger partial charge in [0.05, 0.1) is 26.2 Å². The van der Waals surface area contributed by atoms with Gasteiger partial charge in [0.15, 0.2) is 0 Å². The van der Waals surface area contributed by atoms with Gasteiger partial charge >= 0.3 is 11.9 Å². The van der Waals surface area contributed by atoms with Crippen LogP contribution in [0.2, 0.25) is 0 Å². The molecule has 3 heterocycles. The molecule has 7 heteroatoms. The topological polar surface area (TPSA) is 80.9 Å². The lowest BCUT2D eigenvalue weighted by atomic mass is 9.64. The number of carbonyl (C=O) groups is 2. The van der Waals surface area contributed by atoms with Crippen molar-refractivity contribution in [2.75, 3.05) is 27.3 Å². The number of ether oxygens (including phenoxy) is 3. The van der Waals surface area contributed by atoms with Crippen molar-refractivity contribution in [2.45, 2.75) is 44.8 Å². The number of nitrogens with zero attached hydrogens (tertiary/aromatic N) is 1. The fourth-order valence-corrected chi connectivity index (χ4v) is 6.29. The predicted octanol–water partition coefficient (Wildman–Crippen LogP) is 3.23. The van der Waals surface area contributed by atoms with Gasteiger partial charge in [-0.15, -0.1) is 0 Å². The molecule has 2 aromatic rings. The minimum absolute atomic E-state index is 0.138. The number of nitrogens with one attached hydrogen (secondary N) is 1. The minimum Gasteiger partial charge on any atom is -0.497 e. The molecule has 7 nitrogen and oxygen atoms in total. The number of piperidine rings is 1. The average Bonchev–Trinajstić information content (AvgIpc) is 3.15. The van der Waals surface area contributed by atoms with E-state index in [0.717, 1.165) is 50.0 Å². The van der Waals surface area contributed by atoms with Gasteiger partial charge in [-0.25, -0.2) is 0 Å².